The van der Waals surface area contributed by atoms with Crippen molar-refractivity contribution in [1.82, 2.24) is 0 Å². The highest BCUT2D eigenvalue weighted by atomic mass is 32.2. The van der Waals surface area contributed by atoms with E-state index in [2.05, 4.69) is 0 Å². The number of aliphatic hydroxyl groups is 1. The summed E-state index contributed by atoms with van der Waals surface area (Å²) in [5, 5.41) is 8.85. The molecule has 0 radical (unpaired) electrons. The van der Waals surface area contributed by atoms with Crippen molar-refractivity contribution in [2.24, 2.45) is 0 Å². The van der Waals surface area contributed by atoms with E-state index in [9.17, 15) is 13.5 Å². The summed E-state index contributed by atoms with van der Waals surface area (Å²) in [6, 6.07) is 8.30. The first-order chi connectivity index (χ1) is 7.50. The molecular weight excluding hydrogens is 224 g/mol. The van der Waals surface area contributed by atoms with E-state index in [4.69, 9.17) is 0 Å². The summed E-state index contributed by atoms with van der Waals surface area (Å²) in [5.74, 6) is 0. The molecule has 16 heavy (non-hydrogen) atoms. The van der Waals surface area contributed by atoms with Crippen LogP contribution in [-0.4, -0.2) is 24.9 Å². The predicted molar refractivity (Wildman–Crippen MR) is 64.0 cm³/mol. The smallest absolute Gasteiger partial charge is 0.183 e. The summed E-state index contributed by atoms with van der Waals surface area (Å²) >= 11 is 0. The number of hydrogen-bond acceptors (Lipinski definition) is 3. The van der Waals surface area contributed by atoms with Gasteiger partial charge in [-0.1, -0.05) is 31.5 Å². The van der Waals surface area contributed by atoms with Crippen LogP contribution >= 0.6 is 0 Å². The van der Waals surface area contributed by atoms with E-state index in [-0.39, 0.29) is 4.90 Å². The van der Waals surface area contributed by atoms with E-state index in [1.807, 2.05) is 6.92 Å². The fraction of sp³-hybridized carbons (Fsp3) is 0.500. The lowest BCUT2D eigenvalue weighted by Gasteiger charge is -2.19. The van der Waals surface area contributed by atoms with E-state index in [0.717, 1.165) is 6.42 Å². The van der Waals surface area contributed by atoms with Crippen LogP contribution in [0.2, 0.25) is 0 Å². The lowest BCUT2D eigenvalue weighted by Crippen LogP contribution is -2.32. The first-order valence-corrected chi connectivity index (χ1v) is 7.01. The minimum atomic E-state index is -3.41. The van der Waals surface area contributed by atoms with E-state index < -0.39 is 21.2 Å². The summed E-state index contributed by atoms with van der Waals surface area (Å²) in [4.78, 5) is 0.286. The van der Waals surface area contributed by atoms with Gasteiger partial charge in [-0.25, -0.2) is 8.42 Å². The molecule has 1 N–H and O–H groups in total. The van der Waals surface area contributed by atoms with E-state index >= 15 is 0 Å². The Labute approximate surface area is 97.0 Å². The summed E-state index contributed by atoms with van der Waals surface area (Å²) in [7, 11) is -3.41. The van der Waals surface area contributed by atoms with Gasteiger partial charge in [-0.3, -0.25) is 0 Å². The maximum Gasteiger partial charge on any atom is 0.183 e. The number of aliphatic hydroxyl groups excluding tert-OH is 1. The molecule has 1 aromatic rings. The van der Waals surface area contributed by atoms with Crippen LogP contribution in [0.15, 0.2) is 35.2 Å². The summed E-state index contributed by atoms with van der Waals surface area (Å²) < 4.78 is 24.4. The van der Waals surface area contributed by atoms with Crippen molar-refractivity contribution in [2.75, 3.05) is 0 Å². The van der Waals surface area contributed by atoms with Crippen molar-refractivity contribution in [1.29, 1.82) is 0 Å². The van der Waals surface area contributed by atoms with Crippen LogP contribution in [-0.2, 0) is 9.84 Å². The Bertz CT molecular complexity index is 409. The second kappa shape index (κ2) is 5.46. The molecule has 0 unspecified atom stereocenters. The van der Waals surface area contributed by atoms with Gasteiger partial charge in [0.2, 0.25) is 0 Å². The van der Waals surface area contributed by atoms with Crippen molar-refractivity contribution in [3.8, 4) is 0 Å². The molecule has 1 rings (SSSR count). The number of hydrogen-bond donors (Lipinski definition) is 1. The second-order valence-corrected chi connectivity index (χ2v) is 6.09. The molecule has 3 nitrogen and oxygen atoms in total. The molecule has 4 heteroatoms. The van der Waals surface area contributed by atoms with Gasteiger partial charge in [0, 0.05) is 0 Å². The van der Waals surface area contributed by atoms with Crippen molar-refractivity contribution >= 4 is 9.84 Å². The van der Waals surface area contributed by atoms with Crippen LogP contribution in [0, 0.1) is 0 Å². The van der Waals surface area contributed by atoms with Crippen LogP contribution in [0.4, 0.5) is 0 Å². The minimum absolute atomic E-state index is 0.286. The summed E-state index contributed by atoms with van der Waals surface area (Å²) in [5.41, 5.74) is 0. The Morgan fingerprint density at radius 2 is 1.81 bits per heavy atom. The van der Waals surface area contributed by atoms with Gasteiger partial charge >= 0.3 is 0 Å². The molecule has 0 aliphatic carbocycles. The van der Waals surface area contributed by atoms with Crippen LogP contribution in [0.5, 0.6) is 0 Å². The highest BCUT2D eigenvalue weighted by Gasteiger charge is 2.30. The number of benzene rings is 1. The van der Waals surface area contributed by atoms with E-state index in [1.165, 1.54) is 6.92 Å². The highest BCUT2D eigenvalue weighted by molar-refractivity contribution is 7.92. The molecular formula is C12H18O3S. The Kier molecular flexibility index (Phi) is 4.50. The topological polar surface area (TPSA) is 54.4 Å². The van der Waals surface area contributed by atoms with E-state index in [1.54, 1.807) is 30.3 Å². The second-order valence-electron chi connectivity index (χ2n) is 3.93. The molecule has 0 amide bonds. The molecule has 0 aromatic heterocycles. The van der Waals surface area contributed by atoms with Gasteiger partial charge in [0.05, 0.1) is 16.2 Å². The molecule has 0 fully saturated rings. The summed E-state index contributed by atoms with van der Waals surface area (Å²) in [6.45, 7) is 3.44. The first kappa shape index (κ1) is 13.2. The molecule has 0 bridgehead atoms. The SMILES string of the molecule is CCC[C@@H]([C@@H](C)O)S(=O)(=O)c1ccccc1. The average molecular weight is 242 g/mol. The van der Waals surface area contributed by atoms with Crippen molar-refractivity contribution < 1.29 is 13.5 Å². The largest absolute Gasteiger partial charge is 0.392 e. The third kappa shape index (κ3) is 2.83. The zero-order valence-electron chi connectivity index (χ0n) is 9.63. The van der Waals surface area contributed by atoms with Gasteiger partial charge in [-0.05, 0) is 25.5 Å². The lowest BCUT2D eigenvalue weighted by molar-refractivity contribution is 0.183. The van der Waals surface area contributed by atoms with Crippen molar-refractivity contribution in [3.05, 3.63) is 30.3 Å². The maximum absolute atomic E-state index is 12.2. The summed E-state index contributed by atoms with van der Waals surface area (Å²) in [6.07, 6.45) is 0.376. The highest BCUT2D eigenvalue weighted by Crippen LogP contribution is 2.21. The minimum Gasteiger partial charge on any atom is -0.392 e. The fourth-order valence-corrected chi connectivity index (χ4v) is 3.68. The molecule has 1 aromatic carbocycles. The van der Waals surface area contributed by atoms with Crippen LogP contribution in [0.1, 0.15) is 26.7 Å². The van der Waals surface area contributed by atoms with Crippen LogP contribution < -0.4 is 0 Å². The molecule has 0 saturated heterocycles. The van der Waals surface area contributed by atoms with E-state index in [0.29, 0.717) is 6.42 Å². The van der Waals surface area contributed by atoms with Gasteiger partial charge in [-0.2, -0.15) is 0 Å². The number of sulfone groups is 1. The Hall–Kier alpha value is -0.870. The van der Waals surface area contributed by atoms with Gasteiger partial charge in [0.25, 0.3) is 0 Å². The molecule has 0 spiro atoms. The Morgan fingerprint density at radius 1 is 1.25 bits per heavy atom. The zero-order chi connectivity index (χ0) is 12.2. The van der Waals surface area contributed by atoms with Crippen LogP contribution in [0.3, 0.4) is 0 Å². The van der Waals surface area contributed by atoms with Crippen LogP contribution in [0.25, 0.3) is 0 Å². The Balaban J connectivity index is 3.09. The molecule has 0 aliphatic heterocycles. The normalized spacial score (nSPS) is 15.7. The quantitative estimate of drug-likeness (QED) is 0.859. The standard InChI is InChI=1S/C12H18O3S/c1-3-7-12(10(2)13)16(14,15)11-8-5-4-6-9-11/h4-6,8-10,12-13H,3,7H2,1-2H3/t10-,12+/m1/s1. The third-order valence-corrected chi connectivity index (χ3v) is 4.94. The van der Waals surface area contributed by atoms with Crippen molar-refractivity contribution in [2.45, 2.75) is 42.9 Å². The molecule has 2 atom stereocenters. The van der Waals surface area contributed by atoms with Gasteiger partial charge in [0.15, 0.2) is 9.84 Å². The lowest BCUT2D eigenvalue weighted by atomic mass is 10.2. The predicted octanol–water partition coefficient (Wildman–Crippen LogP) is 2.01. The Morgan fingerprint density at radius 3 is 2.25 bits per heavy atom. The fourth-order valence-electron chi connectivity index (χ4n) is 1.73. The molecule has 0 aliphatic rings. The zero-order valence-corrected chi connectivity index (χ0v) is 10.4. The third-order valence-electron chi connectivity index (χ3n) is 2.58. The van der Waals surface area contributed by atoms with Crippen molar-refractivity contribution in [3.63, 3.8) is 0 Å². The molecule has 0 heterocycles. The van der Waals surface area contributed by atoms with Gasteiger partial charge < -0.3 is 5.11 Å². The monoisotopic (exact) mass is 242 g/mol. The van der Waals surface area contributed by atoms with Gasteiger partial charge in [0.1, 0.15) is 0 Å². The van der Waals surface area contributed by atoms with Gasteiger partial charge in [-0.15, -0.1) is 0 Å². The number of rotatable bonds is 5. The first-order valence-electron chi connectivity index (χ1n) is 5.47. The molecule has 0 saturated carbocycles. The molecule has 90 valence electrons. The maximum atomic E-state index is 12.2. The average Bonchev–Trinajstić information content (AvgIpc) is 2.26.